The summed E-state index contributed by atoms with van der Waals surface area (Å²) < 4.78 is 20.3. The summed E-state index contributed by atoms with van der Waals surface area (Å²) in [6.45, 7) is 0.431. The summed E-state index contributed by atoms with van der Waals surface area (Å²) in [6, 6.07) is 6.41. The van der Waals surface area contributed by atoms with Crippen molar-refractivity contribution in [3.8, 4) is 5.88 Å². The van der Waals surface area contributed by atoms with Crippen LogP contribution in [-0.4, -0.2) is 21.6 Å². The number of fused-ring (bicyclic) bond motifs is 1. The van der Waals surface area contributed by atoms with Crippen molar-refractivity contribution >= 4 is 28.6 Å². The zero-order chi connectivity index (χ0) is 15.0. The molecule has 2 N–H and O–H groups in total. The second-order valence-electron chi connectivity index (χ2n) is 4.52. The molecule has 0 saturated carbocycles. The number of pyridine rings is 1. The van der Waals surface area contributed by atoms with Crippen molar-refractivity contribution in [2.45, 2.75) is 6.54 Å². The normalized spacial score (nSPS) is 11.0. The summed E-state index contributed by atoms with van der Waals surface area (Å²) in [7, 11) is 1.55. The molecule has 0 bridgehead atoms. The number of nitrogen functional groups attached to an aromatic ring is 1. The van der Waals surface area contributed by atoms with Crippen molar-refractivity contribution in [1.29, 1.82) is 0 Å². The lowest BCUT2D eigenvalue weighted by atomic mass is 10.2. The highest BCUT2D eigenvalue weighted by atomic mass is 35.5. The van der Waals surface area contributed by atoms with E-state index in [1.807, 2.05) is 6.07 Å². The van der Waals surface area contributed by atoms with E-state index in [4.69, 9.17) is 22.1 Å². The first-order chi connectivity index (χ1) is 10.1. The Kier molecular flexibility index (Phi) is 3.39. The number of halogens is 2. The van der Waals surface area contributed by atoms with Crippen LogP contribution in [0.15, 0.2) is 30.5 Å². The summed E-state index contributed by atoms with van der Waals surface area (Å²) in [5.74, 6) is 0.320. The van der Waals surface area contributed by atoms with Crippen LogP contribution in [0, 0.1) is 5.82 Å². The fourth-order valence-corrected chi connectivity index (χ4v) is 2.27. The summed E-state index contributed by atoms with van der Waals surface area (Å²) in [5, 5.41) is 0.0262. The zero-order valence-electron chi connectivity index (χ0n) is 11.2. The summed E-state index contributed by atoms with van der Waals surface area (Å²) in [5.41, 5.74) is 7.94. The smallest absolute Gasteiger partial charge is 0.212 e. The van der Waals surface area contributed by atoms with Gasteiger partial charge in [-0.15, -0.1) is 0 Å². The lowest BCUT2D eigenvalue weighted by molar-refractivity contribution is 0.397. The van der Waals surface area contributed by atoms with Crippen LogP contribution in [0.4, 0.5) is 10.3 Å². The minimum absolute atomic E-state index is 0.0262. The van der Waals surface area contributed by atoms with E-state index in [0.717, 1.165) is 5.56 Å². The Morgan fingerprint density at radius 1 is 1.38 bits per heavy atom. The topological polar surface area (TPSA) is 66.0 Å². The number of benzene rings is 1. The Bertz CT molecular complexity index is 801. The lowest BCUT2D eigenvalue weighted by Crippen LogP contribution is -2.05. The third-order valence-corrected chi connectivity index (χ3v) is 3.46. The molecule has 3 rings (SSSR count). The number of hydrogen-bond acceptors (Lipinski definition) is 4. The van der Waals surface area contributed by atoms with Crippen molar-refractivity contribution in [2.24, 2.45) is 0 Å². The number of hydrogen-bond donors (Lipinski definition) is 1. The molecule has 2 heterocycles. The first-order valence-corrected chi connectivity index (χ1v) is 6.56. The lowest BCUT2D eigenvalue weighted by Gasteiger charge is -2.07. The standard InChI is InChI=1S/C14H12ClFN4O/c1-21-13-3-2-8(6-18-13)7-20-12-5-10(16)9(15)4-11(12)19-14(20)17/h2-6H,7H2,1H3,(H2,17,19). The number of rotatable bonds is 3. The molecule has 0 spiro atoms. The van der Waals surface area contributed by atoms with Gasteiger partial charge in [-0.05, 0) is 11.6 Å². The zero-order valence-corrected chi connectivity index (χ0v) is 11.9. The minimum atomic E-state index is -0.502. The molecule has 3 aromatic rings. The quantitative estimate of drug-likeness (QED) is 0.808. The number of nitrogens with zero attached hydrogens (tertiary/aromatic N) is 3. The van der Waals surface area contributed by atoms with Gasteiger partial charge in [-0.1, -0.05) is 17.7 Å². The molecule has 0 fully saturated rings. The Hall–Kier alpha value is -2.34. The Balaban J connectivity index is 2.03. The molecule has 7 heteroatoms. The van der Waals surface area contributed by atoms with Gasteiger partial charge >= 0.3 is 0 Å². The van der Waals surface area contributed by atoms with Gasteiger partial charge in [-0.25, -0.2) is 14.4 Å². The van der Waals surface area contributed by atoms with Crippen LogP contribution in [0.5, 0.6) is 5.88 Å². The van der Waals surface area contributed by atoms with Crippen molar-refractivity contribution in [3.63, 3.8) is 0 Å². The Morgan fingerprint density at radius 3 is 2.86 bits per heavy atom. The van der Waals surface area contributed by atoms with Gasteiger partial charge in [0.1, 0.15) is 5.82 Å². The molecule has 0 radical (unpaired) electrons. The van der Waals surface area contributed by atoms with Gasteiger partial charge in [-0.3, -0.25) is 0 Å². The second kappa shape index (κ2) is 5.21. The molecular formula is C14H12ClFN4O. The molecule has 0 aliphatic rings. The Morgan fingerprint density at radius 2 is 2.19 bits per heavy atom. The van der Waals surface area contributed by atoms with E-state index in [1.54, 1.807) is 23.9 Å². The van der Waals surface area contributed by atoms with Crippen LogP contribution >= 0.6 is 11.6 Å². The maximum atomic E-state index is 13.6. The second-order valence-corrected chi connectivity index (χ2v) is 4.93. The monoisotopic (exact) mass is 306 g/mol. The summed E-state index contributed by atoms with van der Waals surface area (Å²) >= 11 is 5.75. The molecule has 0 saturated heterocycles. The third-order valence-electron chi connectivity index (χ3n) is 3.17. The summed E-state index contributed by atoms with van der Waals surface area (Å²) in [4.78, 5) is 8.32. The molecule has 0 aliphatic heterocycles. The van der Waals surface area contributed by atoms with Crippen LogP contribution in [0.2, 0.25) is 5.02 Å². The summed E-state index contributed by atoms with van der Waals surface area (Å²) in [6.07, 6.45) is 1.68. The van der Waals surface area contributed by atoms with Crippen LogP contribution in [0.3, 0.4) is 0 Å². The predicted molar refractivity (Wildman–Crippen MR) is 79.0 cm³/mol. The molecule has 1 aromatic carbocycles. The SMILES string of the molecule is COc1ccc(Cn2c(N)nc3cc(Cl)c(F)cc32)cn1. The highest BCUT2D eigenvalue weighted by Crippen LogP contribution is 2.25. The van der Waals surface area contributed by atoms with Crippen LogP contribution < -0.4 is 10.5 Å². The van der Waals surface area contributed by atoms with E-state index < -0.39 is 5.82 Å². The van der Waals surface area contributed by atoms with Gasteiger partial charge in [0.15, 0.2) is 0 Å². The molecular weight excluding hydrogens is 295 g/mol. The minimum Gasteiger partial charge on any atom is -0.481 e. The van der Waals surface area contributed by atoms with Crippen molar-refractivity contribution < 1.29 is 9.13 Å². The first-order valence-electron chi connectivity index (χ1n) is 6.18. The molecule has 0 aliphatic carbocycles. The largest absolute Gasteiger partial charge is 0.481 e. The van der Waals surface area contributed by atoms with Gasteiger partial charge in [0.05, 0.1) is 29.7 Å². The van der Waals surface area contributed by atoms with Crippen molar-refractivity contribution in [2.75, 3.05) is 12.8 Å². The van der Waals surface area contributed by atoms with E-state index in [9.17, 15) is 4.39 Å². The Labute approximate surface area is 125 Å². The molecule has 21 heavy (non-hydrogen) atoms. The molecule has 0 amide bonds. The van der Waals surface area contributed by atoms with Gasteiger partial charge in [0, 0.05) is 18.3 Å². The van der Waals surface area contributed by atoms with E-state index in [1.165, 1.54) is 12.1 Å². The van der Waals surface area contributed by atoms with Gasteiger partial charge < -0.3 is 15.0 Å². The number of methoxy groups -OCH3 is 1. The van der Waals surface area contributed by atoms with E-state index in [2.05, 4.69) is 9.97 Å². The average molecular weight is 307 g/mol. The van der Waals surface area contributed by atoms with Gasteiger partial charge in [0.25, 0.3) is 0 Å². The molecule has 0 atom stereocenters. The number of nitrogens with two attached hydrogens (primary N) is 1. The number of anilines is 1. The molecule has 0 unspecified atom stereocenters. The van der Waals surface area contributed by atoms with Gasteiger partial charge in [-0.2, -0.15) is 0 Å². The maximum absolute atomic E-state index is 13.6. The number of aromatic nitrogens is 3. The van der Waals surface area contributed by atoms with Crippen LogP contribution in [0.1, 0.15) is 5.56 Å². The van der Waals surface area contributed by atoms with Crippen LogP contribution in [-0.2, 0) is 6.54 Å². The fourth-order valence-electron chi connectivity index (χ4n) is 2.11. The van der Waals surface area contributed by atoms with E-state index in [-0.39, 0.29) is 5.02 Å². The van der Waals surface area contributed by atoms with E-state index >= 15 is 0 Å². The van der Waals surface area contributed by atoms with Crippen LogP contribution in [0.25, 0.3) is 11.0 Å². The number of ether oxygens (including phenoxy) is 1. The third kappa shape index (κ3) is 2.50. The predicted octanol–water partition coefficient (Wildman–Crippen LogP) is 2.86. The van der Waals surface area contributed by atoms with Gasteiger partial charge in [0.2, 0.25) is 11.8 Å². The molecule has 2 aromatic heterocycles. The highest BCUT2D eigenvalue weighted by Gasteiger charge is 2.12. The van der Waals surface area contributed by atoms with Crippen molar-refractivity contribution in [3.05, 3.63) is 46.9 Å². The molecule has 108 valence electrons. The maximum Gasteiger partial charge on any atom is 0.212 e. The highest BCUT2D eigenvalue weighted by molar-refractivity contribution is 6.31. The molecule has 5 nitrogen and oxygen atoms in total. The fraction of sp³-hybridized carbons (Fsp3) is 0.143. The number of imidazole rings is 1. The first kappa shape index (κ1) is 13.6. The van der Waals surface area contributed by atoms with E-state index in [0.29, 0.717) is 29.4 Å². The van der Waals surface area contributed by atoms with Crippen molar-refractivity contribution in [1.82, 2.24) is 14.5 Å². The average Bonchev–Trinajstić information content (AvgIpc) is 2.76.